The van der Waals surface area contributed by atoms with Gasteiger partial charge in [-0.2, -0.15) is 10.5 Å². The first-order valence-electron chi connectivity index (χ1n) is 6.29. The van der Waals surface area contributed by atoms with Crippen molar-refractivity contribution < 1.29 is 14.3 Å². The molecular weight excluding hydrogens is 270 g/mol. The van der Waals surface area contributed by atoms with Crippen LogP contribution in [0, 0.1) is 28.6 Å². The lowest BCUT2D eigenvalue weighted by atomic mass is 9.98. The van der Waals surface area contributed by atoms with E-state index in [2.05, 4.69) is 10.1 Å². The third-order valence-electron chi connectivity index (χ3n) is 3.00. The van der Waals surface area contributed by atoms with Crippen LogP contribution in [-0.2, 0) is 9.53 Å². The van der Waals surface area contributed by atoms with Crippen LogP contribution >= 0.6 is 0 Å². The molecule has 6 nitrogen and oxygen atoms in total. The second-order valence-electron chi connectivity index (χ2n) is 4.50. The minimum Gasteiger partial charge on any atom is -0.467 e. The van der Waals surface area contributed by atoms with Gasteiger partial charge in [0.05, 0.1) is 24.8 Å². The Hall–Kier alpha value is -2.86. The van der Waals surface area contributed by atoms with Crippen molar-refractivity contribution in [2.45, 2.75) is 19.4 Å². The van der Waals surface area contributed by atoms with Gasteiger partial charge in [-0.05, 0) is 24.3 Å². The fourth-order valence-electron chi connectivity index (χ4n) is 1.74. The van der Waals surface area contributed by atoms with Gasteiger partial charge in [0.2, 0.25) is 0 Å². The zero-order valence-corrected chi connectivity index (χ0v) is 11.8. The van der Waals surface area contributed by atoms with Gasteiger partial charge >= 0.3 is 5.97 Å². The Morgan fingerprint density at radius 2 is 1.90 bits per heavy atom. The summed E-state index contributed by atoms with van der Waals surface area (Å²) in [5.41, 5.74) is 0.765. The number of nitriles is 2. The van der Waals surface area contributed by atoms with Gasteiger partial charge in [-0.25, -0.2) is 4.79 Å². The maximum Gasteiger partial charge on any atom is 0.328 e. The molecule has 6 heteroatoms. The number of amides is 1. The van der Waals surface area contributed by atoms with E-state index >= 15 is 0 Å². The fraction of sp³-hybridized carbons (Fsp3) is 0.333. The van der Waals surface area contributed by atoms with Crippen molar-refractivity contribution in [3.63, 3.8) is 0 Å². The van der Waals surface area contributed by atoms with Crippen molar-refractivity contribution in [1.29, 1.82) is 10.5 Å². The molecule has 0 aliphatic carbocycles. The number of benzene rings is 1. The van der Waals surface area contributed by atoms with Gasteiger partial charge in [0.1, 0.15) is 6.04 Å². The quantitative estimate of drug-likeness (QED) is 0.823. The lowest BCUT2D eigenvalue weighted by molar-refractivity contribution is -0.144. The number of hydrogen-bond acceptors (Lipinski definition) is 5. The van der Waals surface area contributed by atoms with E-state index in [0.29, 0.717) is 11.1 Å². The summed E-state index contributed by atoms with van der Waals surface area (Å²) in [6.45, 7) is 1.68. The normalized spacial score (nSPS) is 12.4. The van der Waals surface area contributed by atoms with Crippen LogP contribution in [0.15, 0.2) is 24.3 Å². The molecule has 108 valence electrons. The van der Waals surface area contributed by atoms with E-state index in [0.717, 1.165) is 0 Å². The number of carbonyl (C=O) groups is 2. The van der Waals surface area contributed by atoms with Crippen LogP contribution in [0.1, 0.15) is 29.3 Å². The van der Waals surface area contributed by atoms with Crippen LogP contribution in [0.25, 0.3) is 0 Å². The second-order valence-corrected chi connectivity index (χ2v) is 4.50. The van der Waals surface area contributed by atoms with Gasteiger partial charge in [0, 0.05) is 17.9 Å². The maximum absolute atomic E-state index is 12.1. The second kappa shape index (κ2) is 7.66. The van der Waals surface area contributed by atoms with Gasteiger partial charge in [0.15, 0.2) is 0 Å². The Balaban J connectivity index is 2.87. The van der Waals surface area contributed by atoms with Crippen LogP contribution < -0.4 is 5.32 Å². The molecule has 1 aromatic rings. The molecule has 0 spiro atoms. The maximum atomic E-state index is 12.1. The highest BCUT2D eigenvalue weighted by atomic mass is 16.5. The van der Waals surface area contributed by atoms with E-state index < -0.39 is 17.9 Å². The smallest absolute Gasteiger partial charge is 0.328 e. The van der Waals surface area contributed by atoms with E-state index in [1.165, 1.54) is 31.4 Å². The first kappa shape index (κ1) is 16.2. The lowest BCUT2D eigenvalue weighted by Gasteiger charge is -2.21. The van der Waals surface area contributed by atoms with Gasteiger partial charge in [0.25, 0.3) is 5.91 Å². The van der Waals surface area contributed by atoms with Crippen LogP contribution in [0.3, 0.4) is 0 Å². The number of methoxy groups -OCH3 is 1. The summed E-state index contributed by atoms with van der Waals surface area (Å²) in [4.78, 5) is 23.8. The molecule has 2 atom stereocenters. The monoisotopic (exact) mass is 285 g/mol. The largest absolute Gasteiger partial charge is 0.467 e. The zero-order valence-electron chi connectivity index (χ0n) is 11.8. The topological polar surface area (TPSA) is 103 Å². The third-order valence-corrected chi connectivity index (χ3v) is 3.00. The Labute approximate surface area is 122 Å². The van der Waals surface area contributed by atoms with Crippen LogP contribution in [-0.4, -0.2) is 25.0 Å². The summed E-state index contributed by atoms with van der Waals surface area (Å²) in [7, 11) is 1.22. The van der Waals surface area contributed by atoms with Crippen molar-refractivity contribution in [3.05, 3.63) is 35.4 Å². The van der Waals surface area contributed by atoms with Crippen LogP contribution in [0.4, 0.5) is 0 Å². The number of esters is 1. The molecule has 0 saturated heterocycles. The number of rotatable bonds is 5. The molecule has 0 unspecified atom stereocenters. The minimum atomic E-state index is -0.891. The van der Waals surface area contributed by atoms with Crippen LogP contribution in [0.2, 0.25) is 0 Å². The Morgan fingerprint density at radius 3 is 2.38 bits per heavy atom. The summed E-state index contributed by atoms with van der Waals surface area (Å²) >= 11 is 0. The fourth-order valence-corrected chi connectivity index (χ4v) is 1.74. The highest BCUT2D eigenvalue weighted by molar-refractivity contribution is 5.96. The molecule has 1 N–H and O–H groups in total. The SMILES string of the molecule is COC(=O)[C@@H](NC(=O)c1ccc(C#N)cc1)[C@H](C)CC#N. The summed E-state index contributed by atoms with van der Waals surface area (Å²) < 4.78 is 4.65. The van der Waals surface area contributed by atoms with Gasteiger partial charge in [-0.15, -0.1) is 0 Å². The van der Waals surface area contributed by atoms with Gasteiger partial charge in [-0.3, -0.25) is 4.79 Å². The molecule has 0 heterocycles. The third kappa shape index (κ3) is 4.32. The van der Waals surface area contributed by atoms with Crippen molar-refractivity contribution >= 4 is 11.9 Å². The van der Waals surface area contributed by atoms with E-state index in [9.17, 15) is 9.59 Å². The lowest BCUT2D eigenvalue weighted by Crippen LogP contribution is -2.45. The van der Waals surface area contributed by atoms with E-state index in [1.807, 2.05) is 12.1 Å². The first-order chi connectivity index (χ1) is 10.0. The molecule has 1 aromatic carbocycles. The molecule has 0 saturated carbocycles. The molecule has 21 heavy (non-hydrogen) atoms. The van der Waals surface area contributed by atoms with E-state index in [4.69, 9.17) is 10.5 Å². The number of nitrogens with one attached hydrogen (secondary N) is 1. The zero-order chi connectivity index (χ0) is 15.8. The van der Waals surface area contributed by atoms with Crippen LogP contribution in [0.5, 0.6) is 0 Å². The molecular formula is C15H15N3O3. The van der Waals surface area contributed by atoms with Crippen molar-refractivity contribution in [2.24, 2.45) is 5.92 Å². The van der Waals surface area contributed by atoms with E-state index in [1.54, 1.807) is 6.92 Å². The molecule has 0 aliphatic heterocycles. The molecule has 1 amide bonds. The number of ether oxygens (including phenoxy) is 1. The average Bonchev–Trinajstić information content (AvgIpc) is 2.51. The summed E-state index contributed by atoms with van der Waals surface area (Å²) in [5, 5.41) is 20.0. The van der Waals surface area contributed by atoms with Crippen molar-refractivity contribution in [3.8, 4) is 12.1 Å². The first-order valence-corrected chi connectivity index (χ1v) is 6.29. The predicted octanol–water partition coefficient (Wildman–Crippen LogP) is 1.38. The minimum absolute atomic E-state index is 0.118. The molecule has 0 aromatic heterocycles. The predicted molar refractivity (Wildman–Crippen MR) is 73.8 cm³/mol. The summed E-state index contributed by atoms with van der Waals surface area (Å²) in [6, 6.07) is 9.05. The van der Waals surface area contributed by atoms with Gasteiger partial charge in [-0.1, -0.05) is 6.92 Å². The Kier molecular flexibility index (Phi) is 5.91. The number of nitrogens with zero attached hydrogens (tertiary/aromatic N) is 2. The number of carbonyl (C=O) groups excluding carboxylic acids is 2. The van der Waals surface area contributed by atoms with Crippen molar-refractivity contribution in [2.75, 3.05) is 7.11 Å². The Morgan fingerprint density at radius 1 is 1.29 bits per heavy atom. The average molecular weight is 285 g/mol. The highest BCUT2D eigenvalue weighted by Crippen LogP contribution is 2.11. The molecule has 0 bridgehead atoms. The van der Waals surface area contributed by atoms with Crippen molar-refractivity contribution in [1.82, 2.24) is 5.32 Å². The van der Waals surface area contributed by atoms with Gasteiger partial charge < -0.3 is 10.1 Å². The number of hydrogen-bond donors (Lipinski definition) is 1. The van der Waals surface area contributed by atoms with E-state index in [-0.39, 0.29) is 12.3 Å². The Bertz CT molecular complexity index is 596. The molecule has 0 aliphatic rings. The highest BCUT2D eigenvalue weighted by Gasteiger charge is 2.27. The standard InChI is InChI=1S/C15H15N3O3/c1-10(7-8-16)13(15(20)21-2)18-14(19)12-5-3-11(9-17)4-6-12/h3-6,10,13H,7H2,1-2H3,(H,18,19)/t10-,13+/m1/s1. The molecule has 0 radical (unpaired) electrons. The summed E-state index contributed by atoms with van der Waals surface area (Å²) in [6.07, 6.45) is 0.118. The molecule has 1 rings (SSSR count). The summed E-state index contributed by atoms with van der Waals surface area (Å²) in [5.74, 6) is -1.43. The molecule has 0 fully saturated rings.